The van der Waals surface area contributed by atoms with Crippen molar-refractivity contribution in [2.24, 2.45) is 0 Å². The van der Waals surface area contributed by atoms with Crippen LogP contribution in [0.5, 0.6) is 11.5 Å². The number of benzene rings is 2. The fourth-order valence-corrected chi connectivity index (χ4v) is 2.81. The summed E-state index contributed by atoms with van der Waals surface area (Å²) in [5.41, 5.74) is 2.95. The average molecular weight is 377 g/mol. The second-order valence-corrected chi connectivity index (χ2v) is 6.27. The predicted molar refractivity (Wildman–Crippen MR) is 109 cm³/mol. The smallest absolute Gasteiger partial charge is 0.272 e. The Kier molecular flexibility index (Phi) is 6.11. The van der Waals surface area contributed by atoms with Gasteiger partial charge in [-0.2, -0.15) is 0 Å². The number of pyridine rings is 1. The summed E-state index contributed by atoms with van der Waals surface area (Å²) < 4.78 is 10.6. The maximum Gasteiger partial charge on any atom is 0.272 e. The zero-order valence-corrected chi connectivity index (χ0v) is 16.2. The molecule has 0 saturated heterocycles. The van der Waals surface area contributed by atoms with E-state index in [2.05, 4.69) is 10.3 Å². The molecule has 6 heteroatoms. The van der Waals surface area contributed by atoms with E-state index in [1.54, 1.807) is 50.6 Å². The van der Waals surface area contributed by atoms with Crippen molar-refractivity contribution in [1.82, 2.24) is 9.88 Å². The molecule has 1 N–H and O–H groups in total. The van der Waals surface area contributed by atoms with Crippen molar-refractivity contribution in [3.8, 4) is 11.5 Å². The molecule has 3 aromatic rings. The Bertz CT molecular complexity index is 945. The fourth-order valence-electron chi connectivity index (χ4n) is 2.81. The quantitative estimate of drug-likeness (QED) is 0.671. The van der Waals surface area contributed by atoms with Gasteiger partial charge in [0.1, 0.15) is 17.2 Å². The molecule has 1 amide bonds. The molecule has 3 rings (SSSR count). The molecule has 0 atom stereocenters. The van der Waals surface area contributed by atoms with E-state index in [0.29, 0.717) is 23.7 Å². The van der Waals surface area contributed by atoms with Gasteiger partial charge in [0.15, 0.2) is 0 Å². The second kappa shape index (κ2) is 8.90. The number of carbonyl (C=O) groups excluding carboxylic acids is 1. The third-order valence-electron chi connectivity index (χ3n) is 4.28. The van der Waals surface area contributed by atoms with Gasteiger partial charge in [-0.25, -0.2) is 0 Å². The first-order valence-electron chi connectivity index (χ1n) is 8.85. The number of rotatable bonds is 7. The van der Waals surface area contributed by atoms with Crippen LogP contribution in [0.15, 0.2) is 66.9 Å². The largest absolute Gasteiger partial charge is 0.497 e. The molecular formula is C22H23N3O3. The first-order chi connectivity index (χ1) is 13.6. The van der Waals surface area contributed by atoms with Gasteiger partial charge in [0.25, 0.3) is 5.91 Å². The Hall–Kier alpha value is -3.54. The highest BCUT2D eigenvalue weighted by molar-refractivity contribution is 5.93. The SMILES string of the molecule is COc1ccc(Nc2ccnc(C(=O)N(C)Cc3ccccc3)c2)c(OC)c1. The second-order valence-electron chi connectivity index (χ2n) is 6.27. The van der Waals surface area contributed by atoms with Gasteiger partial charge in [0.05, 0.1) is 19.9 Å². The third kappa shape index (κ3) is 4.59. The Balaban J connectivity index is 1.76. The summed E-state index contributed by atoms with van der Waals surface area (Å²) in [4.78, 5) is 18.6. The summed E-state index contributed by atoms with van der Waals surface area (Å²) in [6.07, 6.45) is 1.61. The number of nitrogens with one attached hydrogen (secondary N) is 1. The molecular weight excluding hydrogens is 354 g/mol. The number of methoxy groups -OCH3 is 2. The molecule has 0 aliphatic heterocycles. The van der Waals surface area contributed by atoms with Gasteiger partial charge >= 0.3 is 0 Å². The van der Waals surface area contributed by atoms with Crippen molar-refractivity contribution >= 4 is 17.3 Å². The highest BCUT2D eigenvalue weighted by Crippen LogP contribution is 2.31. The molecule has 144 valence electrons. The van der Waals surface area contributed by atoms with Crippen LogP contribution in [-0.2, 0) is 6.54 Å². The summed E-state index contributed by atoms with van der Waals surface area (Å²) in [7, 11) is 4.97. The summed E-state index contributed by atoms with van der Waals surface area (Å²) in [6, 6.07) is 18.9. The van der Waals surface area contributed by atoms with Crippen LogP contribution in [0.1, 0.15) is 16.1 Å². The number of hydrogen-bond acceptors (Lipinski definition) is 5. The summed E-state index contributed by atoms with van der Waals surface area (Å²) in [5.74, 6) is 1.20. The molecule has 0 fully saturated rings. The van der Waals surface area contributed by atoms with Crippen molar-refractivity contribution in [2.75, 3.05) is 26.6 Å². The van der Waals surface area contributed by atoms with Gasteiger partial charge < -0.3 is 19.7 Å². The van der Waals surface area contributed by atoms with E-state index in [9.17, 15) is 4.79 Å². The zero-order chi connectivity index (χ0) is 19.9. The summed E-state index contributed by atoms with van der Waals surface area (Å²) >= 11 is 0. The Morgan fingerprint density at radius 2 is 1.82 bits per heavy atom. The lowest BCUT2D eigenvalue weighted by molar-refractivity contribution is 0.0779. The van der Waals surface area contributed by atoms with Crippen LogP contribution < -0.4 is 14.8 Å². The van der Waals surface area contributed by atoms with Gasteiger partial charge in [-0.3, -0.25) is 9.78 Å². The third-order valence-corrected chi connectivity index (χ3v) is 4.28. The van der Waals surface area contributed by atoms with E-state index in [1.807, 2.05) is 42.5 Å². The highest BCUT2D eigenvalue weighted by atomic mass is 16.5. The van der Waals surface area contributed by atoms with Crippen molar-refractivity contribution in [2.45, 2.75) is 6.54 Å². The van der Waals surface area contributed by atoms with E-state index >= 15 is 0 Å². The molecule has 0 saturated carbocycles. The standard InChI is InChI=1S/C22H23N3O3/c1-25(15-16-7-5-4-6-8-16)22(26)20-13-17(11-12-23-20)24-19-10-9-18(27-2)14-21(19)28-3/h4-14H,15H2,1-3H3,(H,23,24). The topological polar surface area (TPSA) is 63.7 Å². The lowest BCUT2D eigenvalue weighted by atomic mass is 10.2. The lowest BCUT2D eigenvalue weighted by Crippen LogP contribution is -2.27. The number of aromatic nitrogens is 1. The minimum Gasteiger partial charge on any atom is -0.497 e. The summed E-state index contributed by atoms with van der Waals surface area (Å²) in [6.45, 7) is 0.519. The van der Waals surface area contributed by atoms with Crippen molar-refractivity contribution < 1.29 is 14.3 Å². The number of ether oxygens (including phenoxy) is 2. The van der Waals surface area contributed by atoms with E-state index in [1.165, 1.54) is 0 Å². The maximum atomic E-state index is 12.8. The summed E-state index contributed by atoms with van der Waals surface area (Å²) in [5, 5.41) is 3.27. The molecule has 1 heterocycles. The number of carbonyl (C=O) groups is 1. The van der Waals surface area contributed by atoms with Gasteiger partial charge in [-0.15, -0.1) is 0 Å². The van der Waals surface area contributed by atoms with Crippen LogP contribution in [-0.4, -0.2) is 37.1 Å². The lowest BCUT2D eigenvalue weighted by Gasteiger charge is -2.17. The Morgan fingerprint density at radius 1 is 1.04 bits per heavy atom. The molecule has 2 aromatic carbocycles. The zero-order valence-electron chi connectivity index (χ0n) is 16.2. The van der Waals surface area contributed by atoms with E-state index in [0.717, 1.165) is 16.9 Å². The van der Waals surface area contributed by atoms with Crippen LogP contribution in [0.25, 0.3) is 0 Å². The van der Waals surface area contributed by atoms with Gasteiger partial charge in [-0.1, -0.05) is 30.3 Å². The monoisotopic (exact) mass is 377 g/mol. The molecule has 0 aliphatic carbocycles. The Labute approximate surface area is 164 Å². The first-order valence-corrected chi connectivity index (χ1v) is 8.85. The predicted octanol–water partition coefficient (Wildman–Crippen LogP) is 4.11. The van der Waals surface area contributed by atoms with E-state index in [-0.39, 0.29) is 5.91 Å². The van der Waals surface area contributed by atoms with E-state index in [4.69, 9.17) is 9.47 Å². The van der Waals surface area contributed by atoms with Crippen LogP contribution in [0.3, 0.4) is 0 Å². The molecule has 0 aliphatic rings. The first kappa shape index (κ1) is 19.2. The van der Waals surface area contributed by atoms with Crippen LogP contribution >= 0.6 is 0 Å². The van der Waals surface area contributed by atoms with Gasteiger partial charge in [-0.05, 0) is 29.8 Å². The van der Waals surface area contributed by atoms with Crippen LogP contribution in [0.2, 0.25) is 0 Å². The molecule has 0 radical (unpaired) electrons. The maximum absolute atomic E-state index is 12.8. The molecule has 6 nitrogen and oxygen atoms in total. The molecule has 0 unspecified atom stereocenters. The van der Waals surface area contributed by atoms with Crippen molar-refractivity contribution in [3.63, 3.8) is 0 Å². The average Bonchev–Trinajstić information content (AvgIpc) is 2.74. The minimum atomic E-state index is -0.144. The highest BCUT2D eigenvalue weighted by Gasteiger charge is 2.14. The van der Waals surface area contributed by atoms with Crippen molar-refractivity contribution in [3.05, 3.63) is 78.1 Å². The normalized spacial score (nSPS) is 10.2. The van der Waals surface area contributed by atoms with Crippen LogP contribution in [0, 0.1) is 0 Å². The fraction of sp³-hybridized carbons (Fsp3) is 0.182. The van der Waals surface area contributed by atoms with Crippen molar-refractivity contribution in [1.29, 1.82) is 0 Å². The van der Waals surface area contributed by atoms with E-state index < -0.39 is 0 Å². The number of anilines is 2. The number of amides is 1. The minimum absolute atomic E-state index is 0.144. The molecule has 0 bridgehead atoms. The molecule has 28 heavy (non-hydrogen) atoms. The van der Waals surface area contributed by atoms with Crippen LogP contribution in [0.4, 0.5) is 11.4 Å². The van der Waals surface area contributed by atoms with Gasteiger partial charge in [0.2, 0.25) is 0 Å². The Morgan fingerprint density at radius 3 is 2.54 bits per heavy atom. The number of hydrogen-bond donors (Lipinski definition) is 1. The number of nitrogens with zero attached hydrogens (tertiary/aromatic N) is 2. The molecule has 0 spiro atoms. The molecule has 1 aromatic heterocycles. The van der Waals surface area contributed by atoms with Gasteiger partial charge in [0, 0.05) is 31.5 Å².